The SMILES string of the molecule is CN(C)c1ccc(/C=N\NC(=O)[C@@H]2COc3ccccc3O2)cc1[N+](=O)[O-]. The van der Waals surface area contributed by atoms with Gasteiger partial charge in [0, 0.05) is 25.7 Å². The van der Waals surface area contributed by atoms with Gasteiger partial charge in [-0.3, -0.25) is 14.9 Å². The van der Waals surface area contributed by atoms with Crippen molar-refractivity contribution in [2.75, 3.05) is 25.6 Å². The number of anilines is 1. The molecule has 0 unspecified atom stereocenters. The van der Waals surface area contributed by atoms with Crippen LogP contribution in [0.15, 0.2) is 47.6 Å². The molecular weight excluding hydrogens is 352 g/mol. The quantitative estimate of drug-likeness (QED) is 0.490. The van der Waals surface area contributed by atoms with E-state index in [0.29, 0.717) is 22.7 Å². The van der Waals surface area contributed by atoms with Crippen molar-refractivity contribution in [3.8, 4) is 11.5 Å². The van der Waals surface area contributed by atoms with Gasteiger partial charge in [-0.05, 0) is 18.2 Å². The zero-order valence-electron chi connectivity index (χ0n) is 14.8. The number of nitro groups is 1. The van der Waals surface area contributed by atoms with Crippen molar-refractivity contribution < 1.29 is 19.2 Å². The number of amides is 1. The van der Waals surface area contributed by atoms with Crippen LogP contribution < -0.4 is 19.8 Å². The Kier molecular flexibility index (Phi) is 5.20. The fourth-order valence-corrected chi connectivity index (χ4v) is 2.54. The van der Waals surface area contributed by atoms with E-state index in [4.69, 9.17) is 9.47 Å². The van der Waals surface area contributed by atoms with Crippen LogP contribution in [0, 0.1) is 10.1 Å². The lowest BCUT2D eigenvalue weighted by molar-refractivity contribution is -0.384. The average molecular weight is 370 g/mol. The van der Waals surface area contributed by atoms with Crippen LogP contribution in [-0.4, -0.2) is 43.9 Å². The Balaban J connectivity index is 1.65. The van der Waals surface area contributed by atoms with Crippen molar-refractivity contribution in [3.05, 3.63) is 58.1 Å². The Morgan fingerprint density at radius 1 is 1.30 bits per heavy atom. The van der Waals surface area contributed by atoms with Crippen LogP contribution in [-0.2, 0) is 4.79 Å². The first kappa shape index (κ1) is 18.2. The van der Waals surface area contributed by atoms with Crippen molar-refractivity contribution in [2.24, 2.45) is 5.10 Å². The van der Waals surface area contributed by atoms with E-state index in [0.717, 1.165) is 0 Å². The molecule has 0 fully saturated rings. The van der Waals surface area contributed by atoms with Gasteiger partial charge in [-0.25, -0.2) is 5.43 Å². The molecule has 9 heteroatoms. The lowest BCUT2D eigenvalue weighted by atomic mass is 10.2. The molecule has 2 aromatic carbocycles. The Morgan fingerprint density at radius 2 is 2.04 bits per heavy atom. The standard InChI is InChI=1S/C18H18N4O5/c1-21(2)13-8-7-12(9-14(13)22(24)25)10-19-20-18(23)17-11-26-15-5-3-4-6-16(15)27-17/h3-10,17H,11H2,1-2H3,(H,20,23)/b19-10-/t17-/m0/s1. The van der Waals surface area contributed by atoms with Crippen molar-refractivity contribution in [1.82, 2.24) is 5.43 Å². The summed E-state index contributed by atoms with van der Waals surface area (Å²) in [4.78, 5) is 24.6. The number of nitro benzene ring substituents is 1. The zero-order valence-corrected chi connectivity index (χ0v) is 14.8. The maximum absolute atomic E-state index is 12.2. The summed E-state index contributed by atoms with van der Waals surface area (Å²) in [6.45, 7) is 0.0708. The number of carbonyl (C=O) groups excluding carboxylic acids is 1. The minimum absolute atomic E-state index is 0.0455. The number of hydrazone groups is 1. The van der Waals surface area contributed by atoms with Gasteiger partial charge >= 0.3 is 0 Å². The zero-order chi connectivity index (χ0) is 19.4. The molecule has 1 atom stereocenters. The summed E-state index contributed by atoms with van der Waals surface area (Å²) in [6, 6.07) is 11.8. The van der Waals surface area contributed by atoms with Gasteiger partial charge in [-0.15, -0.1) is 0 Å². The van der Waals surface area contributed by atoms with E-state index in [-0.39, 0.29) is 12.3 Å². The van der Waals surface area contributed by atoms with Crippen LogP contribution in [0.25, 0.3) is 0 Å². The number of nitrogens with one attached hydrogen (secondary N) is 1. The van der Waals surface area contributed by atoms with Crippen LogP contribution in [0.4, 0.5) is 11.4 Å². The molecule has 3 rings (SSSR count). The molecule has 1 amide bonds. The number of benzene rings is 2. The molecule has 1 N–H and O–H groups in total. The average Bonchev–Trinajstić information content (AvgIpc) is 2.67. The summed E-state index contributed by atoms with van der Waals surface area (Å²) in [5.74, 6) is 0.598. The Bertz CT molecular complexity index is 897. The van der Waals surface area contributed by atoms with E-state index in [2.05, 4.69) is 10.5 Å². The van der Waals surface area contributed by atoms with Gasteiger partial charge in [0.15, 0.2) is 11.5 Å². The first-order chi connectivity index (χ1) is 13.0. The van der Waals surface area contributed by atoms with Crippen LogP contribution >= 0.6 is 0 Å². The Morgan fingerprint density at radius 3 is 2.74 bits per heavy atom. The normalized spacial score (nSPS) is 15.4. The fourth-order valence-electron chi connectivity index (χ4n) is 2.54. The summed E-state index contributed by atoms with van der Waals surface area (Å²) in [7, 11) is 3.45. The van der Waals surface area contributed by atoms with Gasteiger partial charge in [0.1, 0.15) is 12.3 Å². The van der Waals surface area contributed by atoms with Crippen molar-refractivity contribution in [2.45, 2.75) is 6.10 Å². The van der Waals surface area contributed by atoms with E-state index in [1.165, 1.54) is 12.3 Å². The summed E-state index contributed by atoms with van der Waals surface area (Å²) >= 11 is 0. The topological polar surface area (TPSA) is 106 Å². The van der Waals surface area contributed by atoms with Crippen LogP contribution in [0.2, 0.25) is 0 Å². The Labute approximate surface area is 155 Å². The molecule has 0 aliphatic carbocycles. The third-order valence-corrected chi connectivity index (χ3v) is 3.87. The molecule has 1 heterocycles. The lowest BCUT2D eigenvalue weighted by Gasteiger charge is -2.24. The number of hydrogen-bond donors (Lipinski definition) is 1. The molecule has 140 valence electrons. The van der Waals surface area contributed by atoms with E-state index >= 15 is 0 Å². The van der Waals surface area contributed by atoms with E-state index in [1.54, 1.807) is 49.3 Å². The molecule has 0 saturated heterocycles. The van der Waals surface area contributed by atoms with Crippen molar-refractivity contribution >= 4 is 23.5 Å². The van der Waals surface area contributed by atoms with Crippen LogP contribution in [0.1, 0.15) is 5.56 Å². The summed E-state index contributed by atoms with van der Waals surface area (Å²) in [5.41, 5.74) is 3.28. The van der Waals surface area contributed by atoms with Gasteiger partial charge in [-0.1, -0.05) is 18.2 Å². The molecule has 0 saturated carbocycles. The maximum atomic E-state index is 12.2. The monoisotopic (exact) mass is 370 g/mol. The van der Waals surface area contributed by atoms with Gasteiger partial charge in [0.2, 0.25) is 6.10 Å². The van der Waals surface area contributed by atoms with Crippen LogP contribution in [0.5, 0.6) is 11.5 Å². The number of ether oxygens (including phenoxy) is 2. The van der Waals surface area contributed by atoms with Gasteiger partial charge in [0.05, 0.1) is 11.1 Å². The van der Waals surface area contributed by atoms with Crippen molar-refractivity contribution in [3.63, 3.8) is 0 Å². The second-order valence-corrected chi connectivity index (χ2v) is 6.00. The minimum Gasteiger partial charge on any atom is -0.485 e. The predicted molar refractivity (Wildman–Crippen MR) is 99.5 cm³/mol. The number of fused-ring (bicyclic) bond motifs is 1. The lowest BCUT2D eigenvalue weighted by Crippen LogP contribution is -2.42. The second-order valence-electron chi connectivity index (χ2n) is 6.00. The van der Waals surface area contributed by atoms with Crippen molar-refractivity contribution in [1.29, 1.82) is 0 Å². The molecule has 27 heavy (non-hydrogen) atoms. The number of para-hydroxylation sites is 2. The molecule has 2 aromatic rings. The maximum Gasteiger partial charge on any atom is 0.293 e. The number of hydrogen-bond acceptors (Lipinski definition) is 7. The smallest absolute Gasteiger partial charge is 0.293 e. The van der Waals surface area contributed by atoms with Gasteiger partial charge in [-0.2, -0.15) is 5.10 Å². The highest BCUT2D eigenvalue weighted by molar-refractivity contribution is 5.86. The molecule has 0 radical (unpaired) electrons. The summed E-state index contributed by atoms with van der Waals surface area (Å²) in [6.07, 6.45) is 0.504. The molecule has 1 aliphatic heterocycles. The highest BCUT2D eigenvalue weighted by Gasteiger charge is 2.27. The fraction of sp³-hybridized carbons (Fsp3) is 0.222. The first-order valence-electron chi connectivity index (χ1n) is 8.13. The Hall–Kier alpha value is -3.62. The summed E-state index contributed by atoms with van der Waals surface area (Å²) < 4.78 is 11.1. The van der Waals surface area contributed by atoms with Crippen LogP contribution in [0.3, 0.4) is 0 Å². The summed E-state index contributed by atoms with van der Waals surface area (Å²) in [5, 5.41) is 15.1. The number of nitrogens with zero attached hydrogens (tertiary/aromatic N) is 3. The highest BCUT2D eigenvalue weighted by atomic mass is 16.6. The van der Waals surface area contributed by atoms with E-state index in [9.17, 15) is 14.9 Å². The number of carbonyl (C=O) groups is 1. The molecule has 1 aliphatic rings. The van der Waals surface area contributed by atoms with Gasteiger partial charge < -0.3 is 14.4 Å². The van der Waals surface area contributed by atoms with Gasteiger partial charge in [0.25, 0.3) is 11.6 Å². The molecule has 9 nitrogen and oxygen atoms in total. The first-order valence-corrected chi connectivity index (χ1v) is 8.13. The third-order valence-electron chi connectivity index (χ3n) is 3.87. The molecule has 0 spiro atoms. The van der Waals surface area contributed by atoms with E-state index in [1.807, 2.05) is 6.07 Å². The van der Waals surface area contributed by atoms with E-state index < -0.39 is 16.9 Å². The third kappa shape index (κ3) is 4.14. The number of rotatable bonds is 5. The molecule has 0 bridgehead atoms. The predicted octanol–water partition coefficient (Wildman–Crippen LogP) is 1.95. The minimum atomic E-state index is -0.831. The second kappa shape index (κ2) is 7.73. The highest BCUT2D eigenvalue weighted by Crippen LogP contribution is 2.31. The largest absolute Gasteiger partial charge is 0.485 e. The molecule has 0 aromatic heterocycles. The molecular formula is C18H18N4O5.